The molecule has 0 saturated heterocycles. The van der Waals surface area contributed by atoms with Gasteiger partial charge in [0.1, 0.15) is 16.9 Å². The van der Waals surface area contributed by atoms with Crippen LogP contribution in [-0.2, 0) is 14.3 Å². The molecule has 2 N–H and O–H groups in total. The lowest BCUT2D eigenvalue weighted by molar-refractivity contribution is -0.144. The van der Waals surface area contributed by atoms with E-state index in [1.54, 1.807) is 25.1 Å². The molecule has 0 aliphatic heterocycles. The first-order valence-electron chi connectivity index (χ1n) is 10.6. The predicted octanol–water partition coefficient (Wildman–Crippen LogP) is 3.77. The van der Waals surface area contributed by atoms with Crippen molar-refractivity contribution in [1.82, 2.24) is 10.3 Å². The van der Waals surface area contributed by atoms with Gasteiger partial charge in [-0.05, 0) is 56.2 Å². The van der Waals surface area contributed by atoms with Crippen LogP contribution in [0.5, 0.6) is 0 Å². The zero-order chi connectivity index (χ0) is 25.5. The number of nitrogens with zero attached hydrogens (tertiary/aromatic N) is 2. The number of thioether (sulfide) groups is 1. The van der Waals surface area contributed by atoms with Crippen molar-refractivity contribution in [2.24, 2.45) is 0 Å². The smallest absolute Gasteiger partial charge is 0.316 e. The summed E-state index contributed by atoms with van der Waals surface area (Å²) >= 11 is 0.979. The molecule has 0 fully saturated rings. The van der Waals surface area contributed by atoms with Gasteiger partial charge < -0.3 is 19.8 Å². The van der Waals surface area contributed by atoms with Crippen molar-refractivity contribution in [2.75, 3.05) is 24.7 Å². The Morgan fingerprint density at radius 1 is 1.17 bits per heavy atom. The fourth-order valence-electron chi connectivity index (χ4n) is 3.29. The molecule has 0 aliphatic carbocycles. The number of furan rings is 1. The maximum Gasteiger partial charge on any atom is 0.316 e. The molecule has 2 heterocycles. The number of esters is 1. The number of rotatable bonds is 8. The Bertz CT molecular complexity index is 1310. The second kappa shape index (κ2) is 11.4. The van der Waals surface area contributed by atoms with Gasteiger partial charge in [-0.3, -0.25) is 14.4 Å². The fraction of sp³-hybridized carbons (Fsp3) is 0.240. The molecule has 0 radical (unpaired) electrons. The summed E-state index contributed by atoms with van der Waals surface area (Å²) in [6.45, 7) is 5.10. The molecule has 0 aliphatic rings. The van der Waals surface area contributed by atoms with Gasteiger partial charge in [0, 0.05) is 12.7 Å². The van der Waals surface area contributed by atoms with Crippen molar-refractivity contribution >= 4 is 35.2 Å². The average molecular weight is 493 g/mol. The molecule has 0 saturated carbocycles. The highest BCUT2D eigenvalue weighted by Gasteiger charge is 2.25. The molecule has 1 aromatic carbocycles. The number of hydrogen-bond donors (Lipinski definition) is 2. The van der Waals surface area contributed by atoms with Crippen LogP contribution in [0.4, 0.5) is 5.69 Å². The molecular weight excluding hydrogens is 468 g/mol. The van der Waals surface area contributed by atoms with Crippen molar-refractivity contribution in [2.45, 2.75) is 25.8 Å². The van der Waals surface area contributed by atoms with Crippen LogP contribution in [0, 0.1) is 32.1 Å². The van der Waals surface area contributed by atoms with E-state index < -0.39 is 24.4 Å². The largest absolute Gasteiger partial charge is 0.464 e. The second-order valence-corrected chi connectivity index (χ2v) is 8.56. The first kappa shape index (κ1) is 25.5. The Morgan fingerprint density at radius 2 is 1.94 bits per heavy atom. The number of hydrogen-bond acceptors (Lipinski definition) is 8. The van der Waals surface area contributed by atoms with Gasteiger partial charge in [0.15, 0.2) is 6.61 Å². The molecule has 0 bridgehead atoms. The molecule has 0 atom stereocenters. The lowest BCUT2D eigenvalue weighted by atomic mass is 9.99. The van der Waals surface area contributed by atoms with Crippen LogP contribution in [0.2, 0.25) is 0 Å². The van der Waals surface area contributed by atoms with E-state index in [2.05, 4.69) is 21.7 Å². The Labute approximate surface area is 206 Å². The summed E-state index contributed by atoms with van der Waals surface area (Å²) in [5.74, 6) is -1.38. The number of ether oxygens (including phenoxy) is 1. The van der Waals surface area contributed by atoms with Crippen LogP contribution in [0.3, 0.4) is 0 Å². The molecular formula is C25H24N4O5S. The quantitative estimate of drug-likeness (QED) is 0.358. The molecule has 0 unspecified atom stereocenters. The molecule has 3 aromatic rings. The molecule has 35 heavy (non-hydrogen) atoms. The number of amides is 2. The minimum absolute atomic E-state index is 0.106. The Balaban J connectivity index is 1.70. The normalized spacial score (nSPS) is 10.4. The number of aromatic nitrogens is 1. The molecule has 0 spiro atoms. The van der Waals surface area contributed by atoms with Gasteiger partial charge in [0.05, 0.1) is 34.4 Å². The van der Waals surface area contributed by atoms with Crippen molar-refractivity contribution in [3.63, 3.8) is 0 Å². The third-order valence-corrected chi connectivity index (χ3v) is 6.11. The maximum atomic E-state index is 12.5. The standard InChI is InChI=1S/C25H24N4O5S/c1-14-7-8-17(10-15(14)2)29-20(30)12-34-21(31)13-35-25-18(11-26)23(19-6-5-9-33-19)22(16(3)28-25)24(32)27-4/h5-10H,12-13H2,1-4H3,(H,27,32)(H,29,30). The summed E-state index contributed by atoms with van der Waals surface area (Å²) in [5.41, 5.74) is 3.74. The van der Waals surface area contributed by atoms with Gasteiger partial charge in [0.25, 0.3) is 11.8 Å². The highest BCUT2D eigenvalue weighted by Crippen LogP contribution is 2.35. The predicted molar refractivity (Wildman–Crippen MR) is 131 cm³/mol. The average Bonchev–Trinajstić information content (AvgIpc) is 3.37. The number of pyridine rings is 1. The van der Waals surface area contributed by atoms with E-state index in [-0.39, 0.29) is 21.9 Å². The van der Waals surface area contributed by atoms with Crippen molar-refractivity contribution in [3.8, 4) is 17.4 Å². The Kier molecular flexibility index (Phi) is 8.28. The van der Waals surface area contributed by atoms with E-state index in [4.69, 9.17) is 9.15 Å². The Morgan fingerprint density at radius 3 is 2.57 bits per heavy atom. The lowest BCUT2D eigenvalue weighted by Gasteiger charge is -2.14. The fourth-order valence-corrected chi connectivity index (χ4v) is 4.12. The number of aryl methyl sites for hydroxylation is 3. The zero-order valence-electron chi connectivity index (χ0n) is 19.7. The summed E-state index contributed by atoms with van der Waals surface area (Å²) in [5, 5.41) is 15.3. The highest BCUT2D eigenvalue weighted by atomic mass is 32.2. The van der Waals surface area contributed by atoms with Crippen LogP contribution in [0.15, 0.2) is 46.0 Å². The van der Waals surface area contributed by atoms with Crippen molar-refractivity contribution < 1.29 is 23.5 Å². The number of benzene rings is 1. The van der Waals surface area contributed by atoms with Crippen LogP contribution in [-0.4, -0.2) is 42.2 Å². The molecule has 10 heteroatoms. The maximum absolute atomic E-state index is 12.5. The van der Waals surface area contributed by atoms with Gasteiger partial charge in [-0.15, -0.1) is 0 Å². The van der Waals surface area contributed by atoms with Gasteiger partial charge in [0.2, 0.25) is 0 Å². The summed E-state index contributed by atoms with van der Waals surface area (Å²) in [4.78, 5) is 41.3. The summed E-state index contributed by atoms with van der Waals surface area (Å²) in [6, 6.07) is 10.9. The van der Waals surface area contributed by atoms with Crippen LogP contribution >= 0.6 is 11.8 Å². The van der Waals surface area contributed by atoms with E-state index >= 15 is 0 Å². The van der Waals surface area contributed by atoms with Gasteiger partial charge in [-0.2, -0.15) is 5.26 Å². The van der Waals surface area contributed by atoms with Crippen LogP contribution in [0.25, 0.3) is 11.3 Å². The van der Waals surface area contributed by atoms with Crippen LogP contribution < -0.4 is 10.6 Å². The number of nitrogens with one attached hydrogen (secondary N) is 2. The molecule has 2 aromatic heterocycles. The Hall–Kier alpha value is -4.10. The van der Waals surface area contributed by atoms with E-state index in [9.17, 15) is 19.6 Å². The summed E-state index contributed by atoms with van der Waals surface area (Å²) < 4.78 is 10.5. The third-order valence-electron chi connectivity index (χ3n) is 5.16. The molecule has 2 amide bonds. The summed E-state index contributed by atoms with van der Waals surface area (Å²) in [7, 11) is 1.48. The van der Waals surface area contributed by atoms with Gasteiger partial charge in [-0.1, -0.05) is 17.8 Å². The van der Waals surface area contributed by atoms with Crippen molar-refractivity contribution in [1.29, 1.82) is 5.26 Å². The van der Waals surface area contributed by atoms with E-state index in [0.29, 0.717) is 22.7 Å². The van der Waals surface area contributed by atoms with E-state index in [1.165, 1.54) is 13.3 Å². The first-order valence-corrected chi connectivity index (χ1v) is 11.6. The SMILES string of the molecule is CNC(=O)c1c(C)nc(SCC(=O)OCC(=O)Nc2ccc(C)c(C)c2)c(C#N)c1-c1ccco1. The molecule has 180 valence electrons. The van der Waals surface area contributed by atoms with E-state index in [1.807, 2.05) is 26.0 Å². The van der Waals surface area contributed by atoms with Gasteiger partial charge >= 0.3 is 5.97 Å². The topological polar surface area (TPSA) is 134 Å². The third kappa shape index (κ3) is 6.07. The van der Waals surface area contributed by atoms with Crippen LogP contribution in [0.1, 0.15) is 32.7 Å². The monoisotopic (exact) mass is 492 g/mol. The van der Waals surface area contributed by atoms with Crippen molar-refractivity contribution in [3.05, 3.63) is 64.5 Å². The van der Waals surface area contributed by atoms with E-state index in [0.717, 1.165) is 22.9 Å². The highest BCUT2D eigenvalue weighted by molar-refractivity contribution is 7.99. The zero-order valence-corrected chi connectivity index (χ0v) is 20.5. The number of anilines is 1. The molecule has 9 nitrogen and oxygen atoms in total. The molecule has 3 rings (SSSR count). The number of carbonyl (C=O) groups is 3. The first-order chi connectivity index (χ1) is 16.7. The minimum Gasteiger partial charge on any atom is -0.464 e. The minimum atomic E-state index is -0.650. The second-order valence-electron chi connectivity index (χ2n) is 7.59. The lowest BCUT2D eigenvalue weighted by Crippen LogP contribution is -2.22. The number of carbonyl (C=O) groups excluding carboxylic acids is 3. The summed E-state index contributed by atoms with van der Waals surface area (Å²) in [6.07, 6.45) is 1.44. The van der Waals surface area contributed by atoms with Gasteiger partial charge in [-0.25, -0.2) is 4.98 Å². The number of nitriles is 1.